The predicted octanol–water partition coefficient (Wildman–Crippen LogP) is 2.85. The fraction of sp³-hybridized carbons (Fsp3) is 0.688. The molecule has 1 aromatic heterocycles. The molecule has 1 aromatic rings. The van der Waals surface area contributed by atoms with Gasteiger partial charge in [-0.2, -0.15) is 0 Å². The summed E-state index contributed by atoms with van der Waals surface area (Å²) >= 11 is 0. The Labute approximate surface area is 121 Å². The number of hydrogen-bond acceptors (Lipinski definition) is 1. The first-order valence-corrected chi connectivity index (χ1v) is 7.92. The fourth-order valence-corrected chi connectivity index (χ4v) is 3.96. The van der Waals surface area contributed by atoms with Gasteiger partial charge in [-0.15, -0.1) is 0 Å². The van der Waals surface area contributed by atoms with Gasteiger partial charge in [-0.25, -0.2) is 4.79 Å². The minimum absolute atomic E-state index is 0.138. The van der Waals surface area contributed by atoms with Crippen molar-refractivity contribution in [3.05, 3.63) is 24.5 Å². The summed E-state index contributed by atoms with van der Waals surface area (Å²) in [7, 11) is 0. The van der Waals surface area contributed by atoms with Crippen molar-refractivity contribution in [3.63, 3.8) is 0 Å². The third-order valence-electron chi connectivity index (χ3n) is 4.89. The molecule has 110 valence electrons. The van der Waals surface area contributed by atoms with Gasteiger partial charge in [0.25, 0.3) is 0 Å². The van der Waals surface area contributed by atoms with Crippen molar-refractivity contribution in [2.75, 3.05) is 6.54 Å². The second-order valence-electron chi connectivity index (χ2n) is 6.26. The van der Waals surface area contributed by atoms with Gasteiger partial charge in [0.15, 0.2) is 0 Å². The van der Waals surface area contributed by atoms with E-state index in [1.807, 2.05) is 24.5 Å². The van der Waals surface area contributed by atoms with Crippen molar-refractivity contribution in [3.8, 4) is 0 Å². The van der Waals surface area contributed by atoms with Crippen molar-refractivity contribution in [2.45, 2.75) is 57.7 Å². The van der Waals surface area contributed by atoms with Gasteiger partial charge in [-0.05, 0) is 44.2 Å². The number of carbonyl (C=O) groups is 1. The van der Waals surface area contributed by atoms with Gasteiger partial charge in [-0.1, -0.05) is 12.8 Å². The Hall–Kier alpha value is -1.45. The van der Waals surface area contributed by atoms with Gasteiger partial charge < -0.3 is 14.8 Å². The molecule has 2 fully saturated rings. The van der Waals surface area contributed by atoms with Crippen LogP contribution in [0.15, 0.2) is 24.5 Å². The summed E-state index contributed by atoms with van der Waals surface area (Å²) in [4.78, 5) is 14.6. The van der Waals surface area contributed by atoms with E-state index in [9.17, 15) is 4.79 Å². The summed E-state index contributed by atoms with van der Waals surface area (Å²) < 4.78 is 2.09. The van der Waals surface area contributed by atoms with Crippen LogP contribution in [0.1, 0.15) is 39.0 Å². The first-order chi connectivity index (χ1) is 9.75. The van der Waals surface area contributed by atoms with E-state index in [1.165, 1.54) is 32.1 Å². The molecule has 1 saturated heterocycles. The van der Waals surface area contributed by atoms with Crippen LogP contribution in [0.25, 0.3) is 0 Å². The van der Waals surface area contributed by atoms with Crippen LogP contribution >= 0.6 is 0 Å². The maximum absolute atomic E-state index is 12.4. The van der Waals surface area contributed by atoms with E-state index >= 15 is 0 Å². The lowest BCUT2D eigenvalue weighted by Gasteiger charge is -2.33. The molecule has 1 aliphatic carbocycles. The Morgan fingerprint density at radius 2 is 2.00 bits per heavy atom. The molecular weight excluding hydrogens is 250 g/mol. The molecule has 1 N–H and O–H groups in total. The number of urea groups is 1. The molecule has 1 aliphatic heterocycles. The first-order valence-electron chi connectivity index (χ1n) is 7.92. The molecule has 0 unspecified atom stereocenters. The average molecular weight is 275 g/mol. The molecule has 4 nitrogen and oxygen atoms in total. The second kappa shape index (κ2) is 5.90. The summed E-state index contributed by atoms with van der Waals surface area (Å²) in [5.41, 5.74) is 0. The number of likely N-dealkylation sites (tertiary alicyclic amines) is 1. The number of nitrogens with one attached hydrogen (secondary N) is 1. The molecule has 0 bridgehead atoms. The number of nitrogens with zero attached hydrogens (tertiary/aromatic N) is 2. The summed E-state index contributed by atoms with van der Waals surface area (Å²) in [6.45, 7) is 3.74. The highest BCUT2D eigenvalue weighted by Crippen LogP contribution is 2.39. The quantitative estimate of drug-likeness (QED) is 0.905. The molecule has 0 aromatic carbocycles. The summed E-state index contributed by atoms with van der Waals surface area (Å²) in [5.74, 6) is 0.744. The Kier molecular flexibility index (Phi) is 3.99. The van der Waals surface area contributed by atoms with E-state index in [-0.39, 0.29) is 6.03 Å². The largest absolute Gasteiger partial charge is 0.353 e. The topological polar surface area (TPSA) is 37.3 Å². The van der Waals surface area contributed by atoms with Gasteiger partial charge in [0.2, 0.25) is 0 Å². The van der Waals surface area contributed by atoms with Crippen LogP contribution in [0.3, 0.4) is 0 Å². The summed E-state index contributed by atoms with van der Waals surface area (Å²) in [5, 5.41) is 3.09. The number of fused-ring (bicyclic) bond motifs is 1. The number of aromatic nitrogens is 1. The highest BCUT2D eigenvalue weighted by atomic mass is 16.2. The number of amides is 2. The molecule has 3 atom stereocenters. The maximum Gasteiger partial charge on any atom is 0.317 e. The van der Waals surface area contributed by atoms with Gasteiger partial charge >= 0.3 is 6.03 Å². The van der Waals surface area contributed by atoms with Crippen molar-refractivity contribution < 1.29 is 4.79 Å². The van der Waals surface area contributed by atoms with Crippen molar-refractivity contribution in [2.24, 2.45) is 5.92 Å². The SMILES string of the molecule is C[C@@H]1C[C@@H]2CCCC[C@H]2N1C(=O)NCCn1cccc1. The van der Waals surface area contributed by atoms with Crippen molar-refractivity contribution in [1.82, 2.24) is 14.8 Å². The molecule has 0 spiro atoms. The lowest BCUT2D eigenvalue weighted by Crippen LogP contribution is -2.48. The van der Waals surface area contributed by atoms with E-state index < -0.39 is 0 Å². The predicted molar refractivity (Wildman–Crippen MR) is 79.5 cm³/mol. The number of rotatable bonds is 3. The standard InChI is InChI=1S/C16H25N3O/c1-13-12-14-6-2-3-7-15(14)19(13)16(20)17-8-11-18-9-4-5-10-18/h4-5,9-10,13-15H,2-3,6-8,11-12H2,1H3,(H,17,20)/t13-,14+,15-/m1/s1. The molecule has 1 saturated carbocycles. The van der Waals surface area contributed by atoms with E-state index in [0.29, 0.717) is 18.6 Å². The number of carbonyl (C=O) groups excluding carboxylic acids is 1. The van der Waals surface area contributed by atoms with E-state index in [4.69, 9.17) is 0 Å². The van der Waals surface area contributed by atoms with Gasteiger partial charge in [0.05, 0.1) is 0 Å². The van der Waals surface area contributed by atoms with Crippen LogP contribution < -0.4 is 5.32 Å². The van der Waals surface area contributed by atoms with Gasteiger partial charge in [0, 0.05) is 37.6 Å². The molecule has 2 amide bonds. The third kappa shape index (κ3) is 2.69. The Morgan fingerprint density at radius 3 is 2.80 bits per heavy atom. The summed E-state index contributed by atoms with van der Waals surface area (Å²) in [6.07, 6.45) is 10.4. The van der Waals surface area contributed by atoms with E-state index in [1.54, 1.807) is 0 Å². The molecule has 2 aliphatic rings. The Balaban J connectivity index is 1.53. The van der Waals surface area contributed by atoms with Gasteiger partial charge in [0.1, 0.15) is 0 Å². The van der Waals surface area contributed by atoms with Crippen LogP contribution in [0.4, 0.5) is 4.79 Å². The number of hydrogen-bond donors (Lipinski definition) is 1. The summed E-state index contributed by atoms with van der Waals surface area (Å²) in [6, 6.07) is 5.05. The molecule has 0 radical (unpaired) electrons. The minimum atomic E-state index is 0.138. The zero-order valence-corrected chi connectivity index (χ0v) is 12.3. The van der Waals surface area contributed by atoms with Crippen molar-refractivity contribution >= 4 is 6.03 Å². The molecule has 3 rings (SSSR count). The minimum Gasteiger partial charge on any atom is -0.353 e. The van der Waals surface area contributed by atoms with Gasteiger partial charge in [-0.3, -0.25) is 0 Å². The normalized spacial score (nSPS) is 29.2. The monoisotopic (exact) mass is 275 g/mol. The third-order valence-corrected chi connectivity index (χ3v) is 4.89. The first kappa shape index (κ1) is 13.5. The molecule has 20 heavy (non-hydrogen) atoms. The fourth-order valence-electron chi connectivity index (χ4n) is 3.96. The molecular formula is C16H25N3O. The lowest BCUT2D eigenvalue weighted by molar-refractivity contribution is 0.156. The average Bonchev–Trinajstić information content (AvgIpc) is 3.04. The van der Waals surface area contributed by atoms with E-state index in [0.717, 1.165) is 12.5 Å². The van der Waals surface area contributed by atoms with E-state index in [2.05, 4.69) is 21.7 Å². The van der Waals surface area contributed by atoms with Crippen LogP contribution in [-0.2, 0) is 6.54 Å². The van der Waals surface area contributed by atoms with Crippen molar-refractivity contribution in [1.29, 1.82) is 0 Å². The maximum atomic E-state index is 12.4. The molecule has 2 heterocycles. The van der Waals surface area contributed by atoms with Crippen LogP contribution in [0, 0.1) is 5.92 Å². The highest BCUT2D eigenvalue weighted by molar-refractivity contribution is 5.75. The zero-order chi connectivity index (χ0) is 13.9. The van der Waals surface area contributed by atoms with Crippen LogP contribution in [0.5, 0.6) is 0 Å². The van der Waals surface area contributed by atoms with Crippen LogP contribution in [0.2, 0.25) is 0 Å². The lowest BCUT2D eigenvalue weighted by atomic mass is 9.85. The molecule has 4 heteroatoms. The Morgan fingerprint density at radius 1 is 1.25 bits per heavy atom. The highest BCUT2D eigenvalue weighted by Gasteiger charge is 2.42. The Bertz CT molecular complexity index is 443. The zero-order valence-electron chi connectivity index (χ0n) is 12.3. The van der Waals surface area contributed by atoms with Crippen LogP contribution in [-0.4, -0.2) is 34.1 Å². The smallest absolute Gasteiger partial charge is 0.317 e. The second-order valence-corrected chi connectivity index (χ2v) is 6.26.